The average molecular weight is 372 g/mol. The van der Waals surface area contributed by atoms with Crippen molar-refractivity contribution in [2.24, 2.45) is 0 Å². The Morgan fingerprint density at radius 2 is 0.292 bits per heavy atom. The molecule has 156 valence electrons. The van der Waals surface area contributed by atoms with E-state index >= 15 is 0 Å². The second kappa shape index (κ2) is 34.0. The molecule has 1 saturated heterocycles. The summed E-state index contributed by atoms with van der Waals surface area (Å²) >= 11 is 0. The van der Waals surface area contributed by atoms with Gasteiger partial charge in [0.15, 0.2) is 0 Å². The van der Waals surface area contributed by atoms with Crippen LogP contribution >= 0.6 is 0 Å². The highest BCUT2D eigenvalue weighted by atomic mass is 16.6. The van der Waals surface area contributed by atoms with Crippen molar-refractivity contribution in [2.75, 3.05) is 79.3 Å². The van der Waals surface area contributed by atoms with Gasteiger partial charge in [0.25, 0.3) is 0 Å². The molecule has 12 heteroatoms. The van der Waals surface area contributed by atoms with Crippen molar-refractivity contribution in [1.29, 1.82) is 0 Å². The Bertz CT molecular complexity index is 99.1. The molecular formula is C12H36O12. The zero-order chi connectivity index (χ0) is 12.7. The predicted molar refractivity (Wildman–Crippen MR) is 86.6 cm³/mol. The smallest absolute Gasteiger partial charge is 0.0701 e. The Morgan fingerprint density at radius 1 is 0.208 bits per heavy atom. The first-order valence-electron chi connectivity index (χ1n) is 6.46. The normalized spacial score (nSPS) is 18.0. The van der Waals surface area contributed by atoms with Gasteiger partial charge in [-0.2, -0.15) is 0 Å². The standard InChI is InChI=1S/C12H24O6.6H2O/c1-2-14-5-6-16-9-10-18-12-11-17-8-7-15-4-3-13-1;;;;;;/h1-12H2;6*1H2. The van der Waals surface area contributed by atoms with Gasteiger partial charge in [-0.05, 0) is 0 Å². The summed E-state index contributed by atoms with van der Waals surface area (Å²) in [5, 5.41) is 0. The van der Waals surface area contributed by atoms with Crippen LogP contribution in [0.5, 0.6) is 0 Å². The maximum absolute atomic E-state index is 5.33. The van der Waals surface area contributed by atoms with Crippen LogP contribution in [0.1, 0.15) is 0 Å². The molecule has 1 rings (SSSR count). The van der Waals surface area contributed by atoms with Gasteiger partial charge < -0.3 is 61.3 Å². The van der Waals surface area contributed by atoms with Crippen LogP contribution in [0, 0.1) is 0 Å². The zero-order valence-corrected chi connectivity index (χ0v) is 13.9. The van der Waals surface area contributed by atoms with Crippen molar-refractivity contribution in [3.8, 4) is 0 Å². The fourth-order valence-electron chi connectivity index (χ4n) is 1.32. The first-order valence-corrected chi connectivity index (χ1v) is 6.46. The minimum atomic E-state index is 0. The first kappa shape index (κ1) is 38.9. The Labute approximate surface area is 141 Å². The van der Waals surface area contributed by atoms with Gasteiger partial charge in [-0.25, -0.2) is 0 Å². The van der Waals surface area contributed by atoms with E-state index in [1.807, 2.05) is 0 Å². The van der Waals surface area contributed by atoms with Crippen molar-refractivity contribution in [3.05, 3.63) is 0 Å². The zero-order valence-electron chi connectivity index (χ0n) is 13.9. The third-order valence-electron chi connectivity index (χ3n) is 2.23. The van der Waals surface area contributed by atoms with Crippen molar-refractivity contribution >= 4 is 0 Å². The van der Waals surface area contributed by atoms with E-state index in [1.165, 1.54) is 0 Å². The van der Waals surface area contributed by atoms with Crippen LogP contribution in [0.25, 0.3) is 0 Å². The minimum absolute atomic E-state index is 0. The number of ether oxygens (including phenoxy) is 6. The van der Waals surface area contributed by atoms with Crippen molar-refractivity contribution in [3.63, 3.8) is 0 Å². The molecule has 0 unspecified atom stereocenters. The summed E-state index contributed by atoms with van der Waals surface area (Å²) in [6.45, 7) is 7.04. The van der Waals surface area contributed by atoms with Crippen LogP contribution in [0.4, 0.5) is 0 Å². The summed E-state index contributed by atoms with van der Waals surface area (Å²) in [6.07, 6.45) is 0. The van der Waals surface area contributed by atoms with Gasteiger partial charge in [0, 0.05) is 0 Å². The topological polar surface area (TPSA) is 244 Å². The molecule has 0 aliphatic carbocycles. The van der Waals surface area contributed by atoms with Crippen molar-refractivity contribution in [1.82, 2.24) is 0 Å². The van der Waals surface area contributed by atoms with E-state index in [9.17, 15) is 0 Å². The van der Waals surface area contributed by atoms with E-state index in [1.54, 1.807) is 0 Å². The molecule has 0 aromatic carbocycles. The van der Waals surface area contributed by atoms with E-state index < -0.39 is 0 Å². The molecule has 0 bridgehead atoms. The molecule has 12 N–H and O–H groups in total. The second-order valence-corrected chi connectivity index (χ2v) is 3.67. The molecule has 0 spiro atoms. The molecule has 0 aromatic rings. The summed E-state index contributed by atoms with van der Waals surface area (Å²) in [5.41, 5.74) is 0. The monoisotopic (exact) mass is 372 g/mol. The molecule has 0 saturated carbocycles. The quantitative estimate of drug-likeness (QED) is 0.403. The highest BCUT2D eigenvalue weighted by molar-refractivity contribution is 4.38. The number of hydrogen-bond donors (Lipinski definition) is 0. The van der Waals surface area contributed by atoms with Crippen LogP contribution in [-0.2, 0) is 28.4 Å². The molecule has 0 aromatic heterocycles. The van der Waals surface area contributed by atoms with Gasteiger partial charge in [-0.15, -0.1) is 0 Å². The average Bonchev–Trinajstić information content (AvgIpc) is 2.39. The number of rotatable bonds is 0. The van der Waals surface area contributed by atoms with E-state index in [-0.39, 0.29) is 32.9 Å². The van der Waals surface area contributed by atoms with E-state index in [2.05, 4.69) is 0 Å². The van der Waals surface area contributed by atoms with Gasteiger partial charge in [0.05, 0.1) is 79.3 Å². The molecule has 0 radical (unpaired) electrons. The minimum Gasteiger partial charge on any atom is -0.412 e. The molecular weight excluding hydrogens is 336 g/mol. The van der Waals surface area contributed by atoms with Crippen molar-refractivity contribution < 1.29 is 61.3 Å². The molecule has 0 atom stereocenters. The third kappa shape index (κ3) is 29.5. The lowest BCUT2D eigenvalue weighted by Crippen LogP contribution is -2.16. The van der Waals surface area contributed by atoms with E-state index in [4.69, 9.17) is 28.4 Å². The molecule has 1 aliphatic rings. The van der Waals surface area contributed by atoms with Gasteiger partial charge in [0.1, 0.15) is 0 Å². The Kier molecular flexibility index (Phi) is 55.0. The van der Waals surface area contributed by atoms with Gasteiger partial charge in [-0.1, -0.05) is 0 Å². The van der Waals surface area contributed by atoms with Crippen LogP contribution in [0.3, 0.4) is 0 Å². The summed E-state index contributed by atoms with van der Waals surface area (Å²) in [6, 6.07) is 0. The van der Waals surface area contributed by atoms with E-state index in [0.717, 1.165) is 0 Å². The Morgan fingerprint density at radius 3 is 0.375 bits per heavy atom. The summed E-state index contributed by atoms with van der Waals surface area (Å²) in [7, 11) is 0. The third-order valence-corrected chi connectivity index (χ3v) is 2.23. The maximum Gasteiger partial charge on any atom is 0.0701 e. The second-order valence-electron chi connectivity index (χ2n) is 3.67. The Hall–Kier alpha value is -0.480. The highest BCUT2D eigenvalue weighted by Gasteiger charge is 1.95. The fourth-order valence-corrected chi connectivity index (χ4v) is 1.32. The summed E-state index contributed by atoms with van der Waals surface area (Å²) in [5.74, 6) is 0. The SMILES string of the molecule is C1COCCOCCOCCOCCOCCO1.O.O.O.O.O.O. The van der Waals surface area contributed by atoms with E-state index in [0.29, 0.717) is 79.3 Å². The molecule has 12 nitrogen and oxygen atoms in total. The van der Waals surface area contributed by atoms with Crippen LogP contribution < -0.4 is 0 Å². The number of hydrogen-bond acceptors (Lipinski definition) is 6. The van der Waals surface area contributed by atoms with Crippen LogP contribution in [-0.4, -0.2) is 112 Å². The fraction of sp³-hybridized carbons (Fsp3) is 1.00. The maximum atomic E-state index is 5.33. The molecule has 1 aliphatic heterocycles. The van der Waals surface area contributed by atoms with Gasteiger partial charge in [0.2, 0.25) is 0 Å². The molecule has 1 fully saturated rings. The lowest BCUT2D eigenvalue weighted by Gasteiger charge is -2.09. The lowest BCUT2D eigenvalue weighted by atomic mass is 10.6. The molecule has 24 heavy (non-hydrogen) atoms. The first-order chi connectivity index (χ1) is 9.00. The highest BCUT2D eigenvalue weighted by Crippen LogP contribution is 1.86. The molecule has 0 amide bonds. The Balaban J connectivity index is -0.000000135. The van der Waals surface area contributed by atoms with Crippen molar-refractivity contribution in [2.45, 2.75) is 0 Å². The summed E-state index contributed by atoms with van der Waals surface area (Å²) in [4.78, 5) is 0. The predicted octanol–water partition coefficient (Wildman–Crippen LogP) is -4.85. The molecule has 1 heterocycles. The van der Waals surface area contributed by atoms with Crippen LogP contribution in [0.15, 0.2) is 0 Å². The lowest BCUT2D eigenvalue weighted by molar-refractivity contribution is -0.0334. The van der Waals surface area contributed by atoms with Crippen LogP contribution in [0.2, 0.25) is 0 Å². The largest absolute Gasteiger partial charge is 0.412 e. The summed E-state index contributed by atoms with van der Waals surface area (Å²) < 4.78 is 32.0. The van der Waals surface area contributed by atoms with Gasteiger partial charge in [-0.3, -0.25) is 0 Å². The van der Waals surface area contributed by atoms with Gasteiger partial charge >= 0.3 is 0 Å².